The molecule has 0 aliphatic rings. The van der Waals surface area contributed by atoms with Crippen LogP contribution >= 0.6 is 0 Å². The number of aromatic amines is 1. The Morgan fingerprint density at radius 3 is 3.08 bits per heavy atom. The van der Waals surface area contributed by atoms with Gasteiger partial charge >= 0.3 is 5.97 Å². The topological polar surface area (TPSA) is 55.0 Å². The van der Waals surface area contributed by atoms with Crippen molar-refractivity contribution in [2.24, 2.45) is 0 Å². The Balaban J connectivity index is 2.66. The molecule has 1 aromatic rings. The number of imidazole rings is 1. The Kier molecular flexibility index (Phi) is 3.25. The number of esters is 1. The number of carbonyl (C=O) groups excluding carboxylic acids is 1. The van der Waals surface area contributed by atoms with E-state index in [0.29, 0.717) is 18.0 Å². The fourth-order valence-corrected chi connectivity index (χ4v) is 0.865. The van der Waals surface area contributed by atoms with Gasteiger partial charge in [-0.15, -0.1) is 0 Å². The van der Waals surface area contributed by atoms with Gasteiger partial charge in [0, 0.05) is 18.0 Å². The Morgan fingerprint density at radius 1 is 1.77 bits per heavy atom. The maximum absolute atomic E-state index is 11.1. The molecule has 0 aliphatic carbocycles. The second-order valence-electron chi connectivity index (χ2n) is 2.52. The third-order valence-corrected chi connectivity index (χ3v) is 1.47. The zero-order chi connectivity index (χ0) is 9.68. The third-order valence-electron chi connectivity index (χ3n) is 1.47. The predicted molar refractivity (Wildman–Crippen MR) is 48.9 cm³/mol. The number of rotatable bonds is 3. The highest BCUT2D eigenvalue weighted by Crippen LogP contribution is 2.02. The van der Waals surface area contributed by atoms with Crippen LogP contribution in [-0.4, -0.2) is 22.5 Å². The number of hydrogen-bond donors (Lipinski definition) is 1. The van der Waals surface area contributed by atoms with Crippen LogP contribution in [0.1, 0.15) is 19.7 Å². The van der Waals surface area contributed by atoms with Crippen LogP contribution < -0.4 is 0 Å². The molecule has 0 radical (unpaired) electrons. The van der Waals surface area contributed by atoms with Crippen LogP contribution in [0.4, 0.5) is 0 Å². The molecule has 13 heavy (non-hydrogen) atoms. The summed E-state index contributed by atoms with van der Waals surface area (Å²) in [5, 5.41) is 0. The van der Waals surface area contributed by atoms with E-state index in [9.17, 15) is 4.79 Å². The lowest BCUT2D eigenvalue weighted by molar-refractivity contribution is -0.138. The Morgan fingerprint density at radius 2 is 2.54 bits per heavy atom. The SMILES string of the molecule is CCOC(=O)/C(C)=C/c1ncc[nH]1. The van der Waals surface area contributed by atoms with Gasteiger partial charge in [-0.3, -0.25) is 0 Å². The van der Waals surface area contributed by atoms with E-state index in [1.165, 1.54) is 0 Å². The molecule has 1 rings (SSSR count). The van der Waals surface area contributed by atoms with Gasteiger partial charge in [0.25, 0.3) is 0 Å². The second kappa shape index (κ2) is 4.45. The molecule has 0 atom stereocenters. The maximum Gasteiger partial charge on any atom is 0.333 e. The van der Waals surface area contributed by atoms with Crippen molar-refractivity contribution in [3.63, 3.8) is 0 Å². The molecule has 0 amide bonds. The predicted octanol–water partition coefficient (Wildman–Crippen LogP) is 1.38. The van der Waals surface area contributed by atoms with E-state index < -0.39 is 0 Å². The summed E-state index contributed by atoms with van der Waals surface area (Å²) in [6, 6.07) is 0. The summed E-state index contributed by atoms with van der Waals surface area (Å²) in [4.78, 5) is 18.0. The van der Waals surface area contributed by atoms with Crippen molar-refractivity contribution in [1.82, 2.24) is 9.97 Å². The Labute approximate surface area is 76.6 Å². The van der Waals surface area contributed by atoms with Crippen LogP contribution in [0.25, 0.3) is 6.08 Å². The van der Waals surface area contributed by atoms with Crippen molar-refractivity contribution in [1.29, 1.82) is 0 Å². The molecule has 1 heterocycles. The number of aromatic nitrogens is 2. The van der Waals surface area contributed by atoms with Gasteiger partial charge in [0.2, 0.25) is 0 Å². The molecular formula is C9H12N2O2. The monoisotopic (exact) mass is 180 g/mol. The van der Waals surface area contributed by atoms with Crippen molar-refractivity contribution >= 4 is 12.0 Å². The van der Waals surface area contributed by atoms with Crippen LogP contribution in [0, 0.1) is 0 Å². The fourth-order valence-electron chi connectivity index (χ4n) is 0.865. The smallest absolute Gasteiger partial charge is 0.333 e. The van der Waals surface area contributed by atoms with E-state index in [0.717, 1.165) is 0 Å². The molecule has 0 aromatic carbocycles. The molecule has 0 bridgehead atoms. The molecule has 1 N–H and O–H groups in total. The Bertz CT molecular complexity index is 301. The summed E-state index contributed by atoms with van der Waals surface area (Å²) in [6.07, 6.45) is 4.98. The van der Waals surface area contributed by atoms with Crippen LogP contribution in [0.5, 0.6) is 0 Å². The fraction of sp³-hybridized carbons (Fsp3) is 0.333. The largest absolute Gasteiger partial charge is 0.463 e. The first-order chi connectivity index (χ1) is 6.24. The standard InChI is InChI=1S/C9H12N2O2/c1-3-13-9(12)7(2)6-8-10-4-5-11-8/h4-6H,3H2,1-2H3,(H,10,11)/b7-6+. The zero-order valence-electron chi connectivity index (χ0n) is 7.70. The molecule has 70 valence electrons. The molecular weight excluding hydrogens is 168 g/mol. The van der Waals surface area contributed by atoms with E-state index in [2.05, 4.69) is 9.97 Å². The second-order valence-corrected chi connectivity index (χ2v) is 2.52. The number of carbonyl (C=O) groups is 1. The molecule has 0 spiro atoms. The van der Waals surface area contributed by atoms with Crippen LogP contribution in [0.2, 0.25) is 0 Å². The minimum Gasteiger partial charge on any atom is -0.463 e. The molecule has 0 fully saturated rings. The normalized spacial score (nSPS) is 11.4. The molecule has 4 heteroatoms. The van der Waals surface area contributed by atoms with E-state index in [-0.39, 0.29) is 5.97 Å². The average molecular weight is 180 g/mol. The van der Waals surface area contributed by atoms with E-state index >= 15 is 0 Å². The third kappa shape index (κ3) is 2.74. The van der Waals surface area contributed by atoms with Gasteiger partial charge in [-0.1, -0.05) is 0 Å². The lowest BCUT2D eigenvalue weighted by atomic mass is 10.3. The van der Waals surface area contributed by atoms with Gasteiger partial charge in [-0.2, -0.15) is 0 Å². The van der Waals surface area contributed by atoms with Gasteiger partial charge in [0.05, 0.1) is 6.61 Å². The maximum atomic E-state index is 11.1. The van der Waals surface area contributed by atoms with E-state index in [1.54, 1.807) is 32.3 Å². The van der Waals surface area contributed by atoms with Gasteiger partial charge in [-0.25, -0.2) is 9.78 Å². The van der Waals surface area contributed by atoms with Crippen molar-refractivity contribution < 1.29 is 9.53 Å². The number of hydrogen-bond acceptors (Lipinski definition) is 3. The lowest BCUT2D eigenvalue weighted by Gasteiger charge is -1.99. The first kappa shape index (κ1) is 9.51. The van der Waals surface area contributed by atoms with Crippen molar-refractivity contribution in [3.8, 4) is 0 Å². The highest BCUT2D eigenvalue weighted by molar-refractivity contribution is 5.92. The number of nitrogens with zero attached hydrogens (tertiary/aromatic N) is 1. The average Bonchev–Trinajstić information content (AvgIpc) is 2.57. The molecule has 0 unspecified atom stereocenters. The summed E-state index contributed by atoms with van der Waals surface area (Å²) in [6.45, 7) is 3.86. The van der Waals surface area contributed by atoms with Gasteiger partial charge < -0.3 is 9.72 Å². The summed E-state index contributed by atoms with van der Waals surface area (Å²) in [5.74, 6) is 0.351. The van der Waals surface area contributed by atoms with Crippen molar-refractivity contribution in [2.75, 3.05) is 6.61 Å². The van der Waals surface area contributed by atoms with Crippen LogP contribution in [-0.2, 0) is 9.53 Å². The minimum atomic E-state index is -0.307. The minimum absolute atomic E-state index is 0.307. The van der Waals surface area contributed by atoms with Crippen LogP contribution in [0.15, 0.2) is 18.0 Å². The quantitative estimate of drug-likeness (QED) is 0.564. The van der Waals surface area contributed by atoms with Crippen molar-refractivity contribution in [3.05, 3.63) is 23.8 Å². The van der Waals surface area contributed by atoms with Gasteiger partial charge in [0.1, 0.15) is 5.82 Å². The molecule has 1 aromatic heterocycles. The van der Waals surface area contributed by atoms with E-state index in [1.807, 2.05) is 0 Å². The number of ether oxygens (including phenoxy) is 1. The molecule has 0 saturated heterocycles. The summed E-state index contributed by atoms with van der Waals surface area (Å²) < 4.78 is 4.80. The van der Waals surface area contributed by atoms with Gasteiger partial charge in [-0.05, 0) is 19.9 Å². The summed E-state index contributed by atoms with van der Waals surface area (Å²) in [7, 11) is 0. The molecule has 4 nitrogen and oxygen atoms in total. The lowest BCUT2D eigenvalue weighted by Crippen LogP contribution is -2.04. The van der Waals surface area contributed by atoms with E-state index in [4.69, 9.17) is 4.74 Å². The molecule has 0 saturated carbocycles. The first-order valence-electron chi connectivity index (χ1n) is 4.09. The van der Waals surface area contributed by atoms with Crippen molar-refractivity contribution in [2.45, 2.75) is 13.8 Å². The highest BCUT2D eigenvalue weighted by atomic mass is 16.5. The Hall–Kier alpha value is -1.58. The highest BCUT2D eigenvalue weighted by Gasteiger charge is 2.04. The van der Waals surface area contributed by atoms with Gasteiger partial charge in [0.15, 0.2) is 0 Å². The molecule has 0 aliphatic heterocycles. The first-order valence-corrected chi connectivity index (χ1v) is 4.09. The van der Waals surface area contributed by atoms with Crippen LogP contribution in [0.3, 0.4) is 0 Å². The number of H-pyrrole nitrogens is 1. The summed E-state index contributed by atoms with van der Waals surface area (Å²) in [5.41, 5.74) is 0.539. The number of nitrogens with one attached hydrogen (secondary N) is 1. The summed E-state index contributed by atoms with van der Waals surface area (Å²) >= 11 is 0. The zero-order valence-corrected chi connectivity index (χ0v) is 7.70.